The van der Waals surface area contributed by atoms with E-state index >= 15 is 0 Å². The number of amides is 1. The number of benzene rings is 2. The smallest absolute Gasteiger partial charge is 0.237 e. The minimum Gasteiger partial charge on any atom is -0.325 e. The topological polar surface area (TPSA) is 59.8 Å². The lowest BCUT2D eigenvalue weighted by Gasteiger charge is -2.13. The van der Waals surface area contributed by atoms with Gasteiger partial charge in [0.05, 0.1) is 11.8 Å². The largest absolute Gasteiger partial charge is 0.325 e. The summed E-state index contributed by atoms with van der Waals surface area (Å²) >= 11 is 1.34. The maximum Gasteiger partial charge on any atom is 0.237 e. The van der Waals surface area contributed by atoms with Crippen LogP contribution in [0.25, 0.3) is 0 Å². The Labute approximate surface area is 155 Å². The fourth-order valence-electron chi connectivity index (χ4n) is 2.39. The van der Waals surface area contributed by atoms with Gasteiger partial charge < -0.3 is 9.88 Å². The van der Waals surface area contributed by atoms with E-state index in [9.17, 15) is 9.18 Å². The maximum atomic E-state index is 13.0. The molecule has 0 unspecified atom stereocenters. The van der Waals surface area contributed by atoms with E-state index in [1.54, 1.807) is 6.92 Å². The second-order valence-corrected chi connectivity index (χ2v) is 7.17. The predicted molar refractivity (Wildman–Crippen MR) is 101 cm³/mol. The Bertz CT molecular complexity index is 880. The van der Waals surface area contributed by atoms with E-state index in [2.05, 4.69) is 15.5 Å². The number of rotatable bonds is 6. The quantitative estimate of drug-likeness (QED) is 0.669. The van der Waals surface area contributed by atoms with Crippen molar-refractivity contribution in [2.75, 3.05) is 5.32 Å². The van der Waals surface area contributed by atoms with E-state index in [1.165, 1.54) is 36.0 Å². The minimum absolute atomic E-state index is 0.173. The molecule has 0 bridgehead atoms. The van der Waals surface area contributed by atoms with Gasteiger partial charge in [0.25, 0.3) is 0 Å². The van der Waals surface area contributed by atoms with Gasteiger partial charge >= 0.3 is 0 Å². The number of aromatic nitrogens is 3. The highest BCUT2D eigenvalue weighted by Gasteiger charge is 2.19. The van der Waals surface area contributed by atoms with Crippen LogP contribution in [0.1, 0.15) is 18.3 Å². The fourth-order valence-corrected chi connectivity index (χ4v) is 3.28. The molecule has 3 rings (SSSR count). The van der Waals surface area contributed by atoms with Gasteiger partial charge in [0.15, 0.2) is 5.16 Å². The molecule has 1 heterocycles. The number of aryl methyl sites for hydroxylation is 1. The molecule has 0 radical (unpaired) electrons. The first kappa shape index (κ1) is 18.1. The van der Waals surface area contributed by atoms with Gasteiger partial charge in [0, 0.05) is 5.69 Å². The van der Waals surface area contributed by atoms with Gasteiger partial charge in [0.2, 0.25) is 5.91 Å². The average molecular weight is 370 g/mol. The van der Waals surface area contributed by atoms with Gasteiger partial charge in [-0.25, -0.2) is 4.39 Å². The maximum absolute atomic E-state index is 13.0. The average Bonchev–Trinajstić information content (AvgIpc) is 2.98. The number of anilines is 1. The summed E-state index contributed by atoms with van der Waals surface area (Å²) in [6, 6.07) is 15.7. The van der Waals surface area contributed by atoms with Crippen LogP contribution in [0.15, 0.2) is 59.8 Å². The summed E-state index contributed by atoms with van der Waals surface area (Å²) in [5.41, 5.74) is 1.70. The summed E-state index contributed by atoms with van der Waals surface area (Å²) in [4.78, 5) is 12.4. The van der Waals surface area contributed by atoms with Crippen molar-refractivity contribution in [1.82, 2.24) is 14.8 Å². The van der Waals surface area contributed by atoms with E-state index in [0.29, 0.717) is 17.4 Å². The molecule has 134 valence electrons. The number of hydrogen-bond donors (Lipinski definition) is 1. The van der Waals surface area contributed by atoms with Crippen LogP contribution >= 0.6 is 11.8 Å². The lowest BCUT2D eigenvalue weighted by molar-refractivity contribution is -0.115. The third kappa shape index (κ3) is 4.49. The number of carbonyl (C=O) groups is 1. The molecule has 3 aromatic rings. The molecule has 0 aliphatic rings. The Morgan fingerprint density at radius 3 is 2.54 bits per heavy atom. The van der Waals surface area contributed by atoms with Crippen molar-refractivity contribution in [2.45, 2.75) is 30.8 Å². The summed E-state index contributed by atoms with van der Waals surface area (Å²) in [6.07, 6.45) is 0. The van der Waals surface area contributed by atoms with Crippen molar-refractivity contribution in [2.24, 2.45) is 0 Å². The van der Waals surface area contributed by atoms with Crippen molar-refractivity contribution in [1.29, 1.82) is 0 Å². The highest BCUT2D eigenvalue weighted by Crippen LogP contribution is 2.24. The zero-order chi connectivity index (χ0) is 18.5. The van der Waals surface area contributed by atoms with Gasteiger partial charge in [0.1, 0.15) is 11.6 Å². The molecule has 0 spiro atoms. The number of thioether (sulfide) groups is 1. The summed E-state index contributed by atoms with van der Waals surface area (Å²) in [5.74, 6) is 0.283. The molecule has 2 aromatic carbocycles. The summed E-state index contributed by atoms with van der Waals surface area (Å²) in [5, 5.41) is 11.4. The van der Waals surface area contributed by atoms with Crippen LogP contribution in [0.3, 0.4) is 0 Å². The molecule has 1 atom stereocenters. The normalized spacial score (nSPS) is 12.0. The molecule has 0 fully saturated rings. The Morgan fingerprint density at radius 2 is 1.85 bits per heavy atom. The highest BCUT2D eigenvalue weighted by molar-refractivity contribution is 8.00. The van der Waals surface area contributed by atoms with Crippen molar-refractivity contribution in [3.05, 3.63) is 71.8 Å². The zero-order valence-electron chi connectivity index (χ0n) is 14.5. The predicted octanol–water partition coefficient (Wildman–Crippen LogP) is 3.89. The molecule has 0 saturated carbocycles. The summed E-state index contributed by atoms with van der Waals surface area (Å²) in [7, 11) is 0. The van der Waals surface area contributed by atoms with Crippen LogP contribution in [0.4, 0.5) is 10.1 Å². The number of nitrogens with zero attached hydrogens (tertiary/aromatic N) is 3. The van der Waals surface area contributed by atoms with Crippen LogP contribution in [0.2, 0.25) is 0 Å². The van der Waals surface area contributed by atoms with Crippen LogP contribution in [-0.2, 0) is 11.3 Å². The van der Waals surface area contributed by atoms with Gasteiger partial charge in [-0.05, 0) is 43.7 Å². The molecule has 1 amide bonds. The van der Waals surface area contributed by atoms with E-state index in [1.807, 2.05) is 41.8 Å². The first-order valence-electron chi connectivity index (χ1n) is 8.20. The SMILES string of the molecule is Cc1nnc(S[C@@H](C)C(=O)Nc2ccc(F)cc2)n1Cc1ccccc1. The molecular weight excluding hydrogens is 351 g/mol. The standard InChI is InChI=1S/C19H19FN4OS/c1-13(18(25)21-17-10-8-16(20)9-11-17)26-19-23-22-14(2)24(19)12-15-6-4-3-5-7-15/h3-11,13H,12H2,1-2H3,(H,21,25)/t13-/m0/s1. The zero-order valence-corrected chi connectivity index (χ0v) is 15.3. The number of nitrogens with one attached hydrogen (secondary N) is 1. The Kier molecular flexibility index (Phi) is 5.68. The summed E-state index contributed by atoms with van der Waals surface area (Å²) < 4.78 is 14.9. The highest BCUT2D eigenvalue weighted by atomic mass is 32.2. The molecule has 0 aliphatic carbocycles. The fraction of sp³-hybridized carbons (Fsp3) is 0.211. The van der Waals surface area contributed by atoms with Gasteiger partial charge in [-0.1, -0.05) is 42.1 Å². The van der Waals surface area contributed by atoms with Gasteiger partial charge in [-0.15, -0.1) is 10.2 Å². The van der Waals surface area contributed by atoms with E-state index in [0.717, 1.165) is 11.4 Å². The van der Waals surface area contributed by atoms with E-state index in [-0.39, 0.29) is 17.0 Å². The monoisotopic (exact) mass is 370 g/mol. The second-order valence-electron chi connectivity index (χ2n) is 5.86. The first-order valence-corrected chi connectivity index (χ1v) is 9.07. The molecule has 5 nitrogen and oxygen atoms in total. The Balaban J connectivity index is 1.68. The van der Waals surface area contributed by atoms with Crippen molar-refractivity contribution < 1.29 is 9.18 Å². The molecule has 1 N–H and O–H groups in total. The third-order valence-electron chi connectivity index (χ3n) is 3.85. The van der Waals surface area contributed by atoms with Gasteiger partial charge in [-0.2, -0.15) is 0 Å². The summed E-state index contributed by atoms with van der Waals surface area (Å²) in [6.45, 7) is 4.35. The molecule has 7 heteroatoms. The van der Waals surface area contributed by atoms with Crippen LogP contribution in [-0.4, -0.2) is 25.9 Å². The van der Waals surface area contributed by atoms with Crippen molar-refractivity contribution in [3.63, 3.8) is 0 Å². The lowest BCUT2D eigenvalue weighted by Crippen LogP contribution is -2.23. The third-order valence-corrected chi connectivity index (χ3v) is 4.93. The molecule has 0 aliphatic heterocycles. The van der Waals surface area contributed by atoms with E-state index in [4.69, 9.17) is 0 Å². The lowest BCUT2D eigenvalue weighted by atomic mass is 10.2. The second kappa shape index (κ2) is 8.14. The Morgan fingerprint density at radius 1 is 1.15 bits per heavy atom. The molecule has 0 saturated heterocycles. The van der Waals surface area contributed by atoms with Crippen LogP contribution in [0, 0.1) is 12.7 Å². The molecule has 26 heavy (non-hydrogen) atoms. The number of hydrogen-bond acceptors (Lipinski definition) is 4. The minimum atomic E-state index is -0.377. The van der Waals surface area contributed by atoms with Crippen LogP contribution in [0.5, 0.6) is 0 Å². The Hall–Kier alpha value is -2.67. The number of carbonyl (C=O) groups excluding carboxylic acids is 1. The number of halogens is 1. The molecule has 1 aromatic heterocycles. The van der Waals surface area contributed by atoms with Gasteiger partial charge in [-0.3, -0.25) is 4.79 Å². The molecular formula is C19H19FN4OS. The van der Waals surface area contributed by atoms with E-state index < -0.39 is 0 Å². The van der Waals surface area contributed by atoms with Crippen molar-refractivity contribution >= 4 is 23.4 Å². The first-order chi connectivity index (χ1) is 12.5. The van der Waals surface area contributed by atoms with Crippen molar-refractivity contribution in [3.8, 4) is 0 Å². The van der Waals surface area contributed by atoms with Crippen LogP contribution < -0.4 is 5.32 Å².